The van der Waals surface area contributed by atoms with Crippen LogP contribution in [0.5, 0.6) is 0 Å². The van der Waals surface area contributed by atoms with Crippen LogP contribution in [0.3, 0.4) is 0 Å². The first-order chi connectivity index (χ1) is 12.4. The predicted octanol–water partition coefficient (Wildman–Crippen LogP) is 3.15. The predicted molar refractivity (Wildman–Crippen MR) is 96.6 cm³/mol. The number of hydrogen-bond acceptors (Lipinski definition) is 1. The van der Waals surface area contributed by atoms with Crippen LogP contribution >= 0.6 is 0 Å². The largest absolute Gasteiger partial charge is 0.416 e. The van der Waals surface area contributed by atoms with Crippen LogP contribution in [0.15, 0.2) is 47.7 Å². The summed E-state index contributed by atoms with van der Waals surface area (Å²) in [5, 5.41) is 6.15. The number of aromatic nitrogens is 1. The maximum Gasteiger partial charge on any atom is 0.416 e. The Morgan fingerprint density at radius 2 is 2.04 bits per heavy atom. The summed E-state index contributed by atoms with van der Waals surface area (Å²) in [5.41, 5.74) is 0.711. The summed E-state index contributed by atoms with van der Waals surface area (Å²) in [6.45, 7) is 3.45. The van der Waals surface area contributed by atoms with Gasteiger partial charge >= 0.3 is 6.18 Å². The topological polar surface area (TPSA) is 41.4 Å². The highest BCUT2D eigenvalue weighted by atomic mass is 19.4. The minimum absolute atomic E-state index is 0.275. The first kappa shape index (κ1) is 19.4. The monoisotopic (exact) mass is 362 g/mol. The molecule has 0 amide bonds. The number of aryl methyl sites for hydroxylation is 1. The average Bonchev–Trinajstić information content (AvgIpc) is 3.01. The molecule has 0 bridgehead atoms. The first-order valence-electron chi connectivity index (χ1n) is 8.17. The van der Waals surface area contributed by atoms with Crippen LogP contribution < -0.4 is 10.6 Å². The molecule has 2 rings (SSSR count). The molecule has 0 aliphatic rings. The molecule has 2 aromatic rings. The van der Waals surface area contributed by atoms with E-state index in [-0.39, 0.29) is 6.54 Å². The SMILES string of the molecule is CCNC(=NCc1ccn(C)c1)NCC#Cc1cccc(C(F)(F)F)c1. The summed E-state index contributed by atoms with van der Waals surface area (Å²) in [6, 6.07) is 6.97. The van der Waals surface area contributed by atoms with Gasteiger partial charge in [-0.15, -0.1) is 0 Å². The maximum absolute atomic E-state index is 12.7. The number of aliphatic imine (C=N–C) groups is 1. The van der Waals surface area contributed by atoms with Crippen LogP contribution in [-0.2, 0) is 19.8 Å². The Balaban J connectivity index is 1.95. The van der Waals surface area contributed by atoms with Crippen molar-refractivity contribution in [1.82, 2.24) is 15.2 Å². The molecule has 0 fully saturated rings. The summed E-state index contributed by atoms with van der Waals surface area (Å²) in [6.07, 6.45) is -0.426. The number of rotatable bonds is 4. The van der Waals surface area contributed by atoms with E-state index < -0.39 is 11.7 Å². The third-order valence-electron chi connectivity index (χ3n) is 3.42. The molecule has 0 aliphatic carbocycles. The van der Waals surface area contributed by atoms with Crippen LogP contribution in [-0.4, -0.2) is 23.6 Å². The fraction of sp³-hybridized carbons (Fsp3) is 0.316. The number of nitrogens with zero attached hydrogens (tertiary/aromatic N) is 2. The van der Waals surface area contributed by atoms with Gasteiger partial charge in [-0.1, -0.05) is 17.9 Å². The molecule has 4 nitrogen and oxygen atoms in total. The summed E-state index contributed by atoms with van der Waals surface area (Å²) in [5.74, 6) is 6.16. The molecule has 0 unspecified atom stereocenters. The number of hydrogen-bond donors (Lipinski definition) is 2. The molecule has 7 heteroatoms. The van der Waals surface area contributed by atoms with Crippen molar-refractivity contribution in [1.29, 1.82) is 0 Å². The Hall–Kier alpha value is -2.88. The van der Waals surface area contributed by atoms with E-state index in [1.54, 1.807) is 6.07 Å². The van der Waals surface area contributed by atoms with Crippen molar-refractivity contribution < 1.29 is 13.2 Å². The first-order valence-corrected chi connectivity index (χ1v) is 8.17. The van der Waals surface area contributed by atoms with E-state index >= 15 is 0 Å². The van der Waals surface area contributed by atoms with Crippen molar-refractivity contribution in [3.05, 3.63) is 59.4 Å². The second-order valence-corrected chi connectivity index (χ2v) is 5.61. The van der Waals surface area contributed by atoms with Gasteiger partial charge in [0.05, 0.1) is 18.7 Å². The molecular weight excluding hydrogens is 341 g/mol. The minimum atomic E-state index is -4.36. The molecule has 0 saturated heterocycles. The average molecular weight is 362 g/mol. The van der Waals surface area contributed by atoms with Crippen molar-refractivity contribution >= 4 is 5.96 Å². The number of benzene rings is 1. The van der Waals surface area contributed by atoms with Crippen LogP contribution in [0.25, 0.3) is 0 Å². The van der Waals surface area contributed by atoms with E-state index in [2.05, 4.69) is 27.5 Å². The Labute approximate surface area is 151 Å². The fourth-order valence-corrected chi connectivity index (χ4v) is 2.21. The van der Waals surface area contributed by atoms with Crippen molar-refractivity contribution in [2.75, 3.05) is 13.1 Å². The summed E-state index contributed by atoms with van der Waals surface area (Å²) >= 11 is 0. The van der Waals surface area contributed by atoms with Crippen molar-refractivity contribution in [3.63, 3.8) is 0 Å². The molecule has 0 radical (unpaired) electrons. The number of nitrogens with one attached hydrogen (secondary N) is 2. The van der Waals surface area contributed by atoms with Gasteiger partial charge in [-0.2, -0.15) is 13.2 Å². The molecule has 1 aromatic carbocycles. The van der Waals surface area contributed by atoms with Crippen LogP contribution in [0, 0.1) is 11.8 Å². The molecule has 138 valence electrons. The van der Waals surface area contributed by atoms with Crippen molar-refractivity contribution in [2.45, 2.75) is 19.6 Å². The number of alkyl halides is 3. The highest BCUT2D eigenvalue weighted by molar-refractivity contribution is 5.80. The van der Waals surface area contributed by atoms with Gasteiger partial charge < -0.3 is 15.2 Å². The van der Waals surface area contributed by atoms with E-state index in [1.807, 2.05) is 37.0 Å². The van der Waals surface area contributed by atoms with Crippen molar-refractivity contribution in [3.8, 4) is 11.8 Å². The molecule has 0 spiro atoms. The molecule has 2 N–H and O–H groups in total. The Morgan fingerprint density at radius 1 is 1.23 bits per heavy atom. The lowest BCUT2D eigenvalue weighted by atomic mass is 10.1. The summed E-state index contributed by atoms with van der Waals surface area (Å²) in [4.78, 5) is 4.45. The Bertz CT molecular complexity index is 810. The lowest BCUT2D eigenvalue weighted by Gasteiger charge is -2.08. The zero-order valence-corrected chi connectivity index (χ0v) is 14.7. The normalized spacial score (nSPS) is 11.7. The van der Waals surface area contributed by atoms with Crippen LogP contribution in [0.1, 0.15) is 23.6 Å². The lowest BCUT2D eigenvalue weighted by molar-refractivity contribution is -0.137. The van der Waals surface area contributed by atoms with Gasteiger partial charge in [0.1, 0.15) is 0 Å². The maximum atomic E-state index is 12.7. The third kappa shape index (κ3) is 6.20. The Kier molecular flexibility index (Phi) is 6.73. The Morgan fingerprint density at radius 3 is 2.69 bits per heavy atom. The van der Waals surface area contributed by atoms with E-state index in [9.17, 15) is 13.2 Å². The second kappa shape index (κ2) is 8.99. The molecule has 0 aliphatic heterocycles. The van der Waals surface area contributed by atoms with Gasteiger partial charge in [-0.3, -0.25) is 0 Å². The van der Waals surface area contributed by atoms with E-state index in [0.717, 1.165) is 17.7 Å². The standard InChI is InChI=1S/C19H21F3N4/c1-3-23-18(25-13-16-9-11-26(2)14-16)24-10-5-7-15-6-4-8-17(12-15)19(20,21)22/h4,6,8-9,11-12,14H,3,10,13H2,1-2H3,(H2,23,24,25). The smallest absolute Gasteiger partial charge is 0.357 e. The molecule has 0 atom stereocenters. The molecular formula is C19H21F3N4. The van der Waals surface area contributed by atoms with E-state index in [4.69, 9.17) is 0 Å². The van der Waals surface area contributed by atoms with Gasteiger partial charge in [0, 0.05) is 31.5 Å². The number of guanidine groups is 1. The van der Waals surface area contributed by atoms with Crippen LogP contribution in [0.2, 0.25) is 0 Å². The fourth-order valence-electron chi connectivity index (χ4n) is 2.21. The van der Waals surface area contributed by atoms with Gasteiger partial charge in [-0.05, 0) is 36.8 Å². The molecule has 26 heavy (non-hydrogen) atoms. The summed E-state index contributed by atoms with van der Waals surface area (Å²) < 4.78 is 40.0. The van der Waals surface area contributed by atoms with Crippen LogP contribution in [0.4, 0.5) is 13.2 Å². The molecule has 1 heterocycles. The summed E-state index contributed by atoms with van der Waals surface area (Å²) in [7, 11) is 1.94. The van der Waals surface area contributed by atoms with E-state index in [0.29, 0.717) is 24.6 Å². The van der Waals surface area contributed by atoms with Gasteiger partial charge in [0.15, 0.2) is 5.96 Å². The third-order valence-corrected chi connectivity index (χ3v) is 3.42. The minimum Gasteiger partial charge on any atom is -0.357 e. The molecule has 0 saturated carbocycles. The zero-order valence-electron chi connectivity index (χ0n) is 14.7. The lowest BCUT2D eigenvalue weighted by Crippen LogP contribution is -2.37. The van der Waals surface area contributed by atoms with E-state index in [1.165, 1.54) is 6.07 Å². The zero-order chi connectivity index (χ0) is 19.0. The number of halogens is 3. The highest BCUT2D eigenvalue weighted by Gasteiger charge is 2.30. The van der Waals surface area contributed by atoms with Gasteiger partial charge in [-0.25, -0.2) is 4.99 Å². The quantitative estimate of drug-likeness (QED) is 0.498. The van der Waals surface area contributed by atoms with Crippen molar-refractivity contribution in [2.24, 2.45) is 12.0 Å². The van der Waals surface area contributed by atoms with Gasteiger partial charge in [0.2, 0.25) is 0 Å². The van der Waals surface area contributed by atoms with Gasteiger partial charge in [0.25, 0.3) is 0 Å². The highest BCUT2D eigenvalue weighted by Crippen LogP contribution is 2.29. The second-order valence-electron chi connectivity index (χ2n) is 5.61. The molecule has 1 aromatic heterocycles.